The number of ether oxygens (including phenoxy) is 2. The number of thiazole rings is 1. The van der Waals surface area contributed by atoms with Gasteiger partial charge in [-0.3, -0.25) is 9.36 Å². The maximum absolute atomic E-state index is 14.3. The number of fused-ring (bicyclic) bond motifs is 1. The summed E-state index contributed by atoms with van der Waals surface area (Å²) in [6.45, 7) is 2.19. The molecule has 1 atom stereocenters. The Kier molecular flexibility index (Phi) is 10.1. The number of hydrogen-bond acceptors (Lipinski definition) is 6. The van der Waals surface area contributed by atoms with Crippen LogP contribution >= 0.6 is 73.1 Å². The normalized spacial score (nSPS) is 14.5. The van der Waals surface area contributed by atoms with Crippen molar-refractivity contribution in [3.63, 3.8) is 0 Å². The first-order chi connectivity index (χ1) is 22.2. The molecule has 0 bridgehead atoms. The first-order valence-corrected chi connectivity index (χ1v) is 17.6. The van der Waals surface area contributed by atoms with E-state index in [0.717, 1.165) is 24.7 Å². The van der Waals surface area contributed by atoms with E-state index >= 15 is 0 Å². The first-order valence-electron chi connectivity index (χ1n) is 14.1. The zero-order chi connectivity index (χ0) is 32.4. The van der Waals surface area contributed by atoms with Crippen LogP contribution in [-0.4, -0.2) is 17.1 Å². The highest BCUT2D eigenvalue weighted by molar-refractivity contribution is 14.1. The lowest BCUT2D eigenvalue weighted by molar-refractivity contribution is -0.138. The molecule has 1 aliphatic rings. The van der Waals surface area contributed by atoms with Crippen LogP contribution in [0.5, 0.6) is 5.75 Å². The van der Waals surface area contributed by atoms with E-state index in [-0.39, 0.29) is 18.8 Å². The summed E-state index contributed by atoms with van der Waals surface area (Å²) < 4.78 is 15.6. The minimum atomic E-state index is -0.748. The number of aromatic nitrogens is 1. The highest BCUT2D eigenvalue weighted by atomic mass is 127. The molecule has 0 saturated heterocycles. The summed E-state index contributed by atoms with van der Waals surface area (Å²) in [6.07, 6.45) is 1.80. The highest BCUT2D eigenvalue weighted by Crippen LogP contribution is 2.36. The van der Waals surface area contributed by atoms with Crippen LogP contribution < -0.4 is 19.6 Å². The molecule has 0 unspecified atom stereocenters. The highest BCUT2D eigenvalue weighted by Gasteiger charge is 2.35. The van der Waals surface area contributed by atoms with Gasteiger partial charge in [0.1, 0.15) is 12.4 Å². The quantitative estimate of drug-likeness (QED) is 0.117. The Balaban J connectivity index is 1.54. The van der Waals surface area contributed by atoms with Gasteiger partial charge in [0.2, 0.25) is 0 Å². The van der Waals surface area contributed by atoms with E-state index in [1.165, 1.54) is 11.3 Å². The molecule has 46 heavy (non-hydrogen) atoms. The number of carbonyl (C=O) groups is 1. The Labute approximate surface area is 300 Å². The first kappa shape index (κ1) is 32.7. The number of carbonyl (C=O) groups excluding carboxylic acids is 1. The largest absolute Gasteiger partial charge is 0.487 e. The van der Waals surface area contributed by atoms with Crippen LogP contribution in [0.2, 0.25) is 10.0 Å². The van der Waals surface area contributed by atoms with Crippen molar-refractivity contribution in [1.82, 2.24) is 4.57 Å². The molecule has 5 aromatic rings. The fourth-order valence-corrected chi connectivity index (χ4v) is 8.18. The molecule has 6 nitrogen and oxygen atoms in total. The summed E-state index contributed by atoms with van der Waals surface area (Å²) in [5.74, 6) is 0.0882. The molecule has 1 aliphatic heterocycles. The molecule has 0 aliphatic carbocycles. The Bertz CT molecular complexity index is 2170. The molecule has 4 aromatic carbocycles. The summed E-state index contributed by atoms with van der Waals surface area (Å²) in [6, 6.07) is 27.4. The Morgan fingerprint density at radius 2 is 1.74 bits per heavy atom. The average molecular weight is 846 g/mol. The van der Waals surface area contributed by atoms with Gasteiger partial charge in [0, 0.05) is 15.6 Å². The number of rotatable bonds is 8. The predicted molar refractivity (Wildman–Crippen MR) is 195 cm³/mol. The second-order valence-electron chi connectivity index (χ2n) is 10.2. The topological polar surface area (TPSA) is 69.9 Å². The van der Waals surface area contributed by atoms with Crippen molar-refractivity contribution in [3.8, 4) is 5.75 Å². The Morgan fingerprint density at radius 3 is 2.43 bits per heavy atom. The van der Waals surface area contributed by atoms with Crippen molar-refractivity contribution in [2.24, 2.45) is 4.99 Å². The van der Waals surface area contributed by atoms with Gasteiger partial charge in [-0.2, -0.15) is 0 Å². The van der Waals surface area contributed by atoms with E-state index in [9.17, 15) is 9.59 Å². The summed E-state index contributed by atoms with van der Waals surface area (Å²) in [5, 5.41) is 0.912. The molecule has 232 valence electrons. The van der Waals surface area contributed by atoms with Crippen molar-refractivity contribution in [2.75, 3.05) is 6.61 Å². The molecule has 0 radical (unpaired) electrons. The fraction of sp³-hybridized carbons (Fsp3) is 0.114. The smallest absolute Gasteiger partial charge is 0.338 e. The van der Waals surface area contributed by atoms with Gasteiger partial charge in [-0.1, -0.05) is 117 Å². The van der Waals surface area contributed by atoms with Crippen LogP contribution in [0.4, 0.5) is 0 Å². The maximum Gasteiger partial charge on any atom is 0.338 e. The van der Waals surface area contributed by atoms with Gasteiger partial charge >= 0.3 is 5.97 Å². The molecule has 0 fully saturated rings. The van der Waals surface area contributed by atoms with Crippen molar-refractivity contribution in [2.45, 2.75) is 19.6 Å². The minimum Gasteiger partial charge on any atom is -0.487 e. The van der Waals surface area contributed by atoms with E-state index in [1.807, 2.05) is 78.9 Å². The van der Waals surface area contributed by atoms with Crippen LogP contribution in [0.1, 0.15) is 35.2 Å². The van der Waals surface area contributed by atoms with Gasteiger partial charge in [-0.05, 0) is 71.0 Å². The number of esters is 1. The summed E-state index contributed by atoms with van der Waals surface area (Å²) >= 11 is 19.4. The van der Waals surface area contributed by atoms with Crippen LogP contribution in [-0.2, 0) is 16.1 Å². The van der Waals surface area contributed by atoms with Crippen LogP contribution in [0, 0.1) is 3.57 Å². The standard InChI is InChI=1S/C35H24BrCl2IN2O4S/c1-2-44-34(43)29-30(21-9-5-3-6-10-21)40-35-41(31(29)22-11-7-4-8-12-22)33(42)28(46-35)17-23-16-24(36)18-27(39)32(23)45-19-20-13-14-25(37)26(38)15-20/h3-18,31H,2,19H2,1H3/b28-17-/t31-/m1/s1. The van der Waals surface area contributed by atoms with Gasteiger partial charge in [0.25, 0.3) is 5.56 Å². The second kappa shape index (κ2) is 14.3. The molecule has 11 heteroatoms. The zero-order valence-electron chi connectivity index (χ0n) is 24.2. The van der Waals surface area contributed by atoms with E-state index in [4.69, 9.17) is 37.7 Å². The summed E-state index contributed by atoms with van der Waals surface area (Å²) in [5.41, 5.74) is 3.57. The minimum absolute atomic E-state index is 0.183. The van der Waals surface area contributed by atoms with Crippen molar-refractivity contribution >= 4 is 90.8 Å². The molecular formula is C35H24BrCl2IN2O4S. The lowest BCUT2D eigenvalue weighted by atomic mass is 9.93. The Hall–Kier alpha value is -3.22. The molecule has 2 heterocycles. The SMILES string of the molecule is CCOC(=O)C1=C(c2ccccc2)N=c2s/c(=C\c3cc(Br)cc(I)c3OCc3ccc(Cl)c(Cl)c3)c(=O)n2[C@@H]1c1ccccc1. The van der Waals surface area contributed by atoms with Gasteiger partial charge in [0.15, 0.2) is 4.80 Å². The summed E-state index contributed by atoms with van der Waals surface area (Å²) in [4.78, 5) is 33.4. The third-order valence-electron chi connectivity index (χ3n) is 7.18. The number of nitrogens with zero attached hydrogens (tertiary/aromatic N) is 2. The van der Waals surface area contributed by atoms with E-state index in [0.29, 0.717) is 42.0 Å². The number of benzene rings is 4. The zero-order valence-corrected chi connectivity index (χ0v) is 30.2. The monoisotopic (exact) mass is 844 g/mol. The van der Waals surface area contributed by atoms with Gasteiger partial charge in [-0.15, -0.1) is 0 Å². The van der Waals surface area contributed by atoms with E-state index < -0.39 is 12.0 Å². The maximum atomic E-state index is 14.3. The van der Waals surface area contributed by atoms with Gasteiger partial charge in [0.05, 0.1) is 42.1 Å². The molecular weight excluding hydrogens is 822 g/mol. The summed E-state index contributed by atoms with van der Waals surface area (Å²) in [7, 11) is 0. The fourth-order valence-electron chi connectivity index (χ4n) is 5.16. The van der Waals surface area contributed by atoms with Crippen LogP contribution in [0.25, 0.3) is 11.8 Å². The Morgan fingerprint density at radius 1 is 1.02 bits per heavy atom. The van der Waals surface area contributed by atoms with E-state index in [2.05, 4.69) is 38.5 Å². The van der Waals surface area contributed by atoms with Crippen molar-refractivity contribution in [1.29, 1.82) is 0 Å². The third-order valence-corrected chi connectivity index (χ3v) is 10.2. The molecule has 0 spiro atoms. The molecule has 0 N–H and O–H groups in total. The van der Waals surface area contributed by atoms with Crippen LogP contribution in [0.3, 0.4) is 0 Å². The molecule has 0 amide bonds. The molecule has 1 aromatic heterocycles. The average Bonchev–Trinajstić information content (AvgIpc) is 3.36. The second-order valence-corrected chi connectivity index (χ2v) is 14.1. The lowest BCUT2D eigenvalue weighted by Crippen LogP contribution is -2.40. The van der Waals surface area contributed by atoms with Gasteiger partial charge < -0.3 is 9.47 Å². The van der Waals surface area contributed by atoms with Crippen LogP contribution in [0.15, 0.2) is 111 Å². The molecule has 0 saturated carbocycles. The third kappa shape index (κ3) is 6.75. The van der Waals surface area contributed by atoms with Crippen molar-refractivity contribution < 1.29 is 14.3 Å². The van der Waals surface area contributed by atoms with Gasteiger partial charge in [-0.25, -0.2) is 9.79 Å². The predicted octanol–water partition coefficient (Wildman–Crippen LogP) is 8.19. The number of hydrogen-bond donors (Lipinski definition) is 0. The molecule has 6 rings (SSSR count). The lowest BCUT2D eigenvalue weighted by Gasteiger charge is -2.25. The van der Waals surface area contributed by atoms with Crippen molar-refractivity contribution in [3.05, 3.63) is 157 Å². The van der Waals surface area contributed by atoms with E-state index in [1.54, 1.807) is 29.7 Å². The number of halogens is 4.